The average molecular weight is 1000 g/mol. The molecule has 12 nitrogen and oxygen atoms in total. The van der Waals surface area contributed by atoms with Crippen LogP contribution in [0.3, 0.4) is 0 Å². The second kappa shape index (κ2) is 19.3. The Morgan fingerprint density at radius 1 is 0.521 bits per heavy atom. The summed E-state index contributed by atoms with van der Waals surface area (Å²) in [4.78, 5) is 26.6. The summed E-state index contributed by atoms with van der Waals surface area (Å²) in [5.41, 5.74) is -5.49. The van der Waals surface area contributed by atoms with E-state index in [9.17, 15) is 67.4 Å². The van der Waals surface area contributed by atoms with E-state index in [-0.39, 0.29) is 40.6 Å². The van der Waals surface area contributed by atoms with Crippen LogP contribution in [0.1, 0.15) is 53.3 Å². The minimum absolute atomic E-state index is 0.00545. The van der Waals surface area contributed by atoms with Crippen molar-refractivity contribution in [2.75, 3.05) is 6.61 Å². The summed E-state index contributed by atoms with van der Waals surface area (Å²) in [5, 5.41) is 26.5. The Morgan fingerprint density at radius 2 is 0.873 bits per heavy atom. The van der Waals surface area contributed by atoms with Crippen molar-refractivity contribution in [2.24, 2.45) is 0 Å². The standard InChI is InChI=1S/C24H17F6N3O3.C23H15F6N3O3/c1-2-35-22(34)21(14-7-9-15(10-8-14)23(25,26)27)36-20-12-11-16(24(28,29)30)13-19(20)33-31-17-5-3-4-6-18(17)32-33;1-21(20(33)34,13-6-8-14(9-7-13)22(24,25)26)35-19-11-10-15(23(27,28)29)12-18(19)32-30-16-4-2-3-5-17(16)31-32/h3-13,21H,2H2,1H3;2-12H,1H3,(H,33,34). The van der Waals surface area contributed by atoms with E-state index in [0.717, 1.165) is 77.2 Å². The van der Waals surface area contributed by atoms with Gasteiger partial charge in [0, 0.05) is 11.1 Å². The molecule has 0 radical (unpaired) electrons. The normalized spacial score (nSPS) is 13.5. The minimum atomic E-state index is -4.73. The molecule has 370 valence electrons. The predicted molar refractivity (Wildman–Crippen MR) is 226 cm³/mol. The van der Waals surface area contributed by atoms with Crippen molar-refractivity contribution in [3.63, 3.8) is 0 Å². The second-order valence-electron chi connectivity index (χ2n) is 15.2. The third kappa shape index (κ3) is 11.3. The third-order valence-electron chi connectivity index (χ3n) is 10.3. The molecule has 2 unspecified atom stereocenters. The summed E-state index contributed by atoms with van der Waals surface area (Å²) in [6.45, 7) is 2.53. The molecule has 2 heterocycles. The first-order chi connectivity index (χ1) is 33.3. The number of rotatable bonds is 11. The van der Waals surface area contributed by atoms with Crippen molar-refractivity contribution in [3.8, 4) is 22.9 Å². The third-order valence-corrected chi connectivity index (χ3v) is 10.3. The van der Waals surface area contributed by atoms with Gasteiger partial charge in [-0.3, -0.25) is 0 Å². The van der Waals surface area contributed by atoms with Gasteiger partial charge in [-0.15, -0.1) is 30.0 Å². The van der Waals surface area contributed by atoms with Gasteiger partial charge in [0.25, 0.3) is 0 Å². The number of ether oxygens (including phenoxy) is 3. The lowest BCUT2D eigenvalue weighted by atomic mass is 9.94. The van der Waals surface area contributed by atoms with Crippen molar-refractivity contribution in [2.45, 2.75) is 50.3 Å². The first-order valence-corrected chi connectivity index (χ1v) is 20.4. The Morgan fingerprint density at radius 3 is 1.25 bits per heavy atom. The highest BCUT2D eigenvalue weighted by atomic mass is 19.4. The Hall–Kier alpha value is -8.18. The number of carbonyl (C=O) groups is 2. The molecule has 8 aromatic rings. The maximum Gasteiger partial charge on any atom is 0.416 e. The van der Waals surface area contributed by atoms with Crippen LogP contribution in [0, 0.1) is 0 Å². The number of benzene rings is 6. The molecule has 0 saturated heterocycles. The topological polar surface area (TPSA) is 143 Å². The van der Waals surface area contributed by atoms with E-state index < -0.39 is 70.6 Å². The number of carboxylic acid groups (broad SMARTS) is 1. The summed E-state index contributed by atoms with van der Waals surface area (Å²) in [6, 6.07) is 24.7. The van der Waals surface area contributed by atoms with E-state index in [0.29, 0.717) is 46.3 Å². The lowest BCUT2D eigenvalue weighted by Gasteiger charge is -2.28. The number of carboxylic acids is 1. The van der Waals surface area contributed by atoms with Gasteiger partial charge in [-0.25, -0.2) is 9.59 Å². The number of nitrogens with zero attached hydrogens (tertiary/aromatic N) is 6. The van der Waals surface area contributed by atoms with Gasteiger partial charge in [0.2, 0.25) is 11.7 Å². The van der Waals surface area contributed by atoms with Gasteiger partial charge >= 0.3 is 36.6 Å². The lowest BCUT2D eigenvalue weighted by molar-refractivity contribution is -0.155. The average Bonchev–Trinajstić information content (AvgIpc) is 3.95. The zero-order valence-electron chi connectivity index (χ0n) is 36.2. The Labute approximate surface area is 391 Å². The molecular formula is C47H32F12N6O6. The van der Waals surface area contributed by atoms with Crippen LogP contribution < -0.4 is 9.47 Å². The quantitative estimate of drug-likeness (QED) is 0.0982. The highest BCUT2D eigenvalue weighted by Gasteiger charge is 2.41. The van der Waals surface area contributed by atoms with E-state index in [1.165, 1.54) is 6.92 Å². The highest BCUT2D eigenvalue weighted by molar-refractivity contribution is 5.80. The van der Waals surface area contributed by atoms with Gasteiger partial charge in [-0.2, -0.15) is 52.7 Å². The molecule has 0 amide bonds. The van der Waals surface area contributed by atoms with Gasteiger partial charge in [0.15, 0.2) is 0 Å². The number of hydrogen-bond donors (Lipinski definition) is 1. The Bertz CT molecular complexity index is 3140. The van der Waals surface area contributed by atoms with E-state index in [1.54, 1.807) is 48.5 Å². The number of aliphatic carboxylic acids is 1. The lowest BCUT2D eigenvalue weighted by Crippen LogP contribution is -2.39. The number of esters is 1. The van der Waals surface area contributed by atoms with Gasteiger partial charge < -0.3 is 19.3 Å². The highest BCUT2D eigenvalue weighted by Crippen LogP contribution is 2.40. The van der Waals surface area contributed by atoms with Crippen LogP contribution in [0.15, 0.2) is 133 Å². The zero-order valence-corrected chi connectivity index (χ0v) is 36.2. The molecule has 0 spiro atoms. The van der Waals surface area contributed by atoms with E-state index >= 15 is 0 Å². The Kier molecular flexibility index (Phi) is 13.8. The molecule has 1 N–H and O–H groups in total. The molecule has 2 atom stereocenters. The number of fused-ring (bicyclic) bond motifs is 2. The molecule has 0 aliphatic heterocycles. The number of aromatic nitrogens is 6. The molecule has 8 rings (SSSR count). The number of hydrogen-bond acceptors (Lipinski definition) is 9. The van der Waals surface area contributed by atoms with Crippen molar-refractivity contribution >= 4 is 34.0 Å². The molecular weight excluding hydrogens is 973 g/mol. The van der Waals surface area contributed by atoms with Gasteiger partial charge in [-0.05, 0) is 98.8 Å². The van der Waals surface area contributed by atoms with E-state index in [1.807, 2.05) is 0 Å². The summed E-state index contributed by atoms with van der Waals surface area (Å²) >= 11 is 0. The van der Waals surface area contributed by atoms with Gasteiger partial charge in [0.05, 0.1) is 28.9 Å². The summed E-state index contributed by atoms with van der Waals surface area (Å²) < 4.78 is 175. The minimum Gasteiger partial charge on any atom is -0.478 e. The van der Waals surface area contributed by atoms with Crippen LogP contribution in [-0.2, 0) is 44.6 Å². The van der Waals surface area contributed by atoms with E-state index in [2.05, 4.69) is 20.4 Å². The fourth-order valence-electron chi connectivity index (χ4n) is 6.69. The van der Waals surface area contributed by atoms with Crippen LogP contribution >= 0.6 is 0 Å². The number of halogens is 12. The largest absolute Gasteiger partial charge is 0.478 e. The maximum absolute atomic E-state index is 13.5. The number of alkyl halides is 12. The van der Waals surface area contributed by atoms with Crippen LogP contribution in [0.4, 0.5) is 52.7 Å². The predicted octanol–water partition coefficient (Wildman–Crippen LogP) is 12.0. The molecule has 6 aromatic carbocycles. The van der Waals surface area contributed by atoms with Gasteiger partial charge in [0.1, 0.15) is 44.9 Å². The molecule has 71 heavy (non-hydrogen) atoms. The van der Waals surface area contributed by atoms with Crippen molar-refractivity contribution in [1.82, 2.24) is 30.0 Å². The fraction of sp³-hybridized carbons (Fsp3) is 0.191. The van der Waals surface area contributed by atoms with Crippen LogP contribution in [0.2, 0.25) is 0 Å². The summed E-state index contributed by atoms with van der Waals surface area (Å²) in [5.74, 6) is -3.08. The van der Waals surface area contributed by atoms with E-state index in [4.69, 9.17) is 14.2 Å². The molecule has 0 fully saturated rings. The van der Waals surface area contributed by atoms with Crippen molar-refractivity contribution in [1.29, 1.82) is 0 Å². The van der Waals surface area contributed by atoms with Gasteiger partial charge in [-0.1, -0.05) is 48.5 Å². The van der Waals surface area contributed by atoms with Crippen LogP contribution in [-0.4, -0.2) is 53.6 Å². The van der Waals surface area contributed by atoms with Crippen molar-refractivity contribution in [3.05, 3.63) is 167 Å². The maximum atomic E-state index is 13.5. The van der Waals surface area contributed by atoms with Crippen LogP contribution in [0.5, 0.6) is 11.5 Å². The number of carbonyl (C=O) groups excluding carboxylic acids is 1. The molecule has 2 aromatic heterocycles. The first kappa shape index (κ1) is 50.7. The smallest absolute Gasteiger partial charge is 0.416 e. The SMILES string of the molecule is CC(Oc1ccc(C(F)(F)F)cc1-n1nc2ccccc2n1)(C(=O)O)c1ccc(C(F)(F)F)cc1.CCOC(=O)C(Oc1ccc(C(F)(F)F)cc1-n1nc2ccccc2n1)c1ccc(C(F)(F)F)cc1. The zero-order chi connectivity index (χ0) is 51.7. The molecule has 0 bridgehead atoms. The fourth-order valence-corrected chi connectivity index (χ4v) is 6.69. The van der Waals surface area contributed by atoms with Crippen LogP contribution in [0.25, 0.3) is 33.4 Å². The molecule has 0 aliphatic carbocycles. The molecule has 0 aliphatic rings. The summed E-state index contributed by atoms with van der Waals surface area (Å²) in [6.07, 6.45) is -20.3. The summed E-state index contributed by atoms with van der Waals surface area (Å²) in [7, 11) is 0. The van der Waals surface area contributed by atoms with Crippen molar-refractivity contribution < 1.29 is 81.6 Å². The monoisotopic (exact) mass is 1000 g/mol. The molecule has 0 saturated carbocycles. The Balaban J connectivity index is 0.000000209. The second-order valence-corrected chi connectivity index (χ2v) is 15.2. The molecule has 24 heteroatoms. The first-order valence-electron chi connectivity index (χ1n) is 20.4.